The maximum atomic E-state index is 4.53. The number of aromatic nitrogens is 1. The van der Waals surface area contributed by atoms with E-state index in [1.54, 1.807) is 0 Å². The van der Waals surface area contributed by atoms with Crippen LogP contribution in [0.4, 0.5) is 0 Å². The second-order valence-corrected chi connectivity index (χ2v) is 4.45. The molecule has 3 aliphatic rings. The molecule has 0 aromatic carbocycles. The van der Waals surface area contributed by atoms with Crippen molar-refractivity contribution < 1.29 is 0 Å². The Labute approximate surface area is 99.3 Å². The molecule has 0 amide bonds. The molecule has 2 heterocycles. The lowest BCUT2D eigenvalue weighted by molar-refractivity contribution is 0.792. The summed E-state index contributed by atoms with van der Waals surface area (Å²) in [6, 6.07) is 0. The third-order valence-corrected chi connectivity index (χ3v) is 3.50. The topological polar surface area (TPSA) is 17.3 Å². The Bertz CT molecular complexity index is 737. The SMILES string of the molecule is C1=CC=c2c(c3c4n2CC=NC=4CC=C3)C=C1. The van der Waals surface area contributed by atoms with Gasteiger partial charge < -0.3 is 4.57 Å². The van der Waals surface area contributed by atoms with Crippen LogP contribution in [-0.2, 0) is 6.54 Å². The van der Waals surface area contributed by atoms with Crippen LogP contribution in [0.15, 0.2) is 29.3 Å². The molecule has 2 aliphatic carbocycles. The highest BCUT2D eigenvalue weighted by Crippen LogP contribution is 2.18. The Balaban J connectivity index is 2.26. The number of nitrogens with zero attached hydrogens (tertiary/aromatic N) is 2. The van der Waals surface area contributed by atoms with Crippen molar-refractivity contribution in [3.63, 3.8) is 0 Å². The summed E-state index contributed by atoms with van der Waals surface area (Å²) in [7, 11) is 0. The van der Waals surface area contributed by atoms with Crippen molar-refractivity contribution in [3.8, 4) is 0 Å². The van der Waals surface area contributed by atoms with Crippen LogP contribution in [0.2, 0.25) is 0 Å². The summed E-state index contributed by atoms with van der Waals surface area (Å²) in [6.45, 7) is 0.882. The fourth-order valence-electron chi connectivity index (χ4n) is 2.80. The lowest BCUT2D eigenvalue weighted by atomic mass is 10.0. The van der Waals surface area contributed by atoms with Crippen LogP contribution in [0.5, 0.6) is 0 Å². The van der Waals surface area contributed by atoms with E-state index in [2.05, 4.69) is 52.1 Å². The Morgan fingerprint density at radius 1 is 1.06 bits per heavy atom. The van der Waals surface area contributed by atoms with Gasteiger partial charge in [-0.3, -0.25) is 4.99 Å². The summed E-state index contributed by atoms with van der Waals surface area (Å²) in [5.41, 5.74) is 3.85. The van der Waals surface area contributed by atoms with Gasteiger partial charge in [0.2, 0.25) is 0 Å². The molecule has 0 atom stereocenters. The quantitative estimate of drug-likeness (QED) is 0.630. The number of rotatable bonds is 0. The van der Waals surface area contributed by atoms with Gasteiger partial charge in [0, 0.05) is 29.1 Å². The van der Waals surface area contributed by atoms with Crippen LogP contribution in [-0.4, -0.2) is 10.8 Å². The standard InChI is InChI=1S/C15H12N2/c1-2-5-11-12-6-4-7-13-15(12)17(10-9-16-13)14(11)8-3-1/h1-6,8-9H,7,10H2. The van der Waals surface area contributed by atoms with Gasteiger partial charge in [0.1, 0.15) is 0 Å². The maximum Gasteiger partial charge on any atom is 0.0716 e. The first-order chi connectivity index (χ1) is 8.45. The van der Waals surface area contributed by atoms with E-state index in [4.69, 9.17) is 0 Å². The second-order valence-electron chi connectivity index (χ2n) is 4.45. The minimum absolute atomic E-state index is 0.882. The molecular weight excluding hydrogens is 208 g/mol. The Morgan fingerprint density at radius 2 is 2.06 bits per heavy atom. The van der Waals surface area contributed by atoms with Gasteiger partial charge in [-0.05, 0) is 6.08 Å². The molecule has 0 radical (unpaired) electrons. The highest BCUT2D eigenvalue weighted by atomic mass is 15.0. The number of allylic oxidation sites excluding steroid dienone is 3. The maximum absolute atomic E-state index is 4.53. The number of aliphatic imine (C=N–C) groups is 1. The third-order valence-electron chi connectivity index (χ3n) is 3.50. The van der Waals surface area contributed by atoms with Crippen LogP contribution >= 0.6 is 0 Å². The molecule has 0 saturated carbocycles. The van der Waals surface area contributed by atoms with E-state index in [1.165, 1.54) is 27.5 Å². The monoisotopic (exact) mass is 220 g/mol. The highest BCUT2D eigenvalue weighted by Gasteiger charge is 2.17. The largest absolute Gasteiger partial charge is 0.334 e. The molecule has 0 bridgehead atoms. The molecule has 1 aromatic heterocycles. The highest BCUT2D eigenvalue weighted by molar-refractivity contribution is 5.78. The van der Waals surface area contributed by atoms with Gasteiger partial charge in [-0.1, -0.05) is 36.5 Å². The van der Waals surface area contributed by atoms with E-state index in [1.807, 2.05) is 6.21 Å². The van der Waals surface area contributed by atoms with E-state index < -0.39 is 0 Å². The zero-order valence-corrected chi connectivity index (χ0v) is 9.43. The third kappa shape index (κ3) is 1.12. The van der Waals surface area contributed by atoms with Crippen molar-refractivity contribution in [2.24, 2.45) is 4.99 Å². The first-order valence-corrected chi connectivity index (χ1v) is 5.95. The number of fused-ring (bicyclic) bond motifs is 3. The molecule has 0 N–H and O–H groups in total. The van der Waals surface area contributed by atoms with Crippen molar-refractivity contribution in [2.45, 2.75) is 13.0 Å². The van der Waals surface area contributed by atoms with E-state index in [9.17, 15) is 0 Å². The normalized spacial score (nSPS) is 18.7. The van der Waals surface area contributed by atoms with Crippen LogP contribution in [0.3, 0.4) is 0 Å². The first-order valence-electron chi connectivity index (χ1n) is 5.95. The van der Waals surface area contributed by atoms with Crippen LogP contribution in [0, 0.1) is 0 Å². The minimum atomic E-state index is 0.882. The second kappa shape index (κ2) is 3.20. The fraction of sp³-hybridized carbons (Fsp3) is 0.133. The van der Waals surface area contributed by atoms with Crippen molar-refractivity contribution in [1.82, 2.24) is 4.57 Å². The van der Waals surface area contributed by atoms with Gasteiger partial charge in [-0.25, -0.2) is 0 Å². The Morgan fingerprint density at radius 3 is 3.06 bits per heavy atom. The van der Waals surface area contributed by atoms with Gasteiger partial charge in [0.05, 0.1) is 17.6 Å². The summed E-state index contributed by atoms with van der Waals surface area (Å²) < 4.78 is 2.37. The molecular formula is C15H12N2. The summed E-state index contributed by atoms with van der Waals surface area (Å²) >= 11 is 0. The van der Waals surface area contributed by atoms with Gasteiger partial charge in [-0.2, -0.15) is 0 Å². The minimum Gasteiger partial charge on any atom is -0.334 e. The van der Waals surface area contributed by atoms with Crippen molar-refractivity contribution in [2.75, 3.05) is 0 Å². The molecule has 0 spiro atoms. The van der Waals surface area contributed by atoms with Gasteiger partial charge >= 0.3 is 0 Å². The van der Waals surface area contributed by atoms with E-state index in [0.717, 1.165) is 13.0 Å². The van der Waals surface area contributed by atoms with Crippen LogP contribution in [0.1, 0.15) is 17.5 Å². The Kier molecular flexibility index (Phi) is 1.69. The average Bonchev–Trinajstić information content (AvgIpc) is 2.55. The van der Waals surface area contributed by atoms with E-state index in [-0.39, 0.29) is 0 Å². The van der Waals surface area contributed by atoms with Crippen molar-refractivity contribution in [3.05, 3.63) is 46.1 Å². The molecule has 1 aromatic rings. The zero-order valence-electron chi connectivity index (χ0n) is 9.43. The molecule has 2 heteroatoms. The van der Waals surface area contributed by atoms with Gasteiger partial charge in [0.15, 0.2) is 0 Å². The van der Waals surface area contributed by atoms with E-state index >= 15 is 0 Å². The first kappa shape index (κ1) is 8.99. The zero-order chi connectivity index (χ0) is 11.2. The predicted molar refractivity (Wildman–Crippen MR) is 71.9 cm³/mol. The lowest BCUT2D eigenvalue weighted by Gasteiger charge is -2.11. The summed E-state index contributed by atoms with van der Waals surface area (Å²) in [6.07, 6.45) is 18.1. The molecule has 17 heavy (non-hydrogen) atoms. The van der Waals surface area contributed by atoms with E-state index in [0.29, 0.717) is 0 Å². The number of hydrogen-bond acceptors (Lipinski definition) is 1. The smallest absolute Gasteiger partial charge is 0.0716 e. The molecule has 82 valence electrons. The van der Waals surface area contributed by atoms with Gasteiger partial charge in [-0.15, -0.1) is 0 Å². The van der Waals surface area contributed by atoms with Gasteiger partial charge in [0.25, 0.3) is 0 Å². The molecule has 4 rings (SSSR count). The molecule has 0 fully saturated rings. The molecule has 0 saturated heterocycles. The van der Waals surface area contributed by atoms with Crippen molar-refractivity contribution >= 4 is 30.1 Å². The fourth-order valence-corrected chi connectivity index (χ4v) is 2.80. The lowest BCUT2D eigenvalue weighted by Crippen LogP contribution is -2.32. The van der Waals surface area contributed by atoms with Crippen LogP contribution in [0.25, 0.3) is 23.9 Å². The average molecular weight is 220 g/mol. The summed E-state index contributed by atoms with van der Waals surface area (Å²) in [4.78, 5) is 4.53. The van der Waals surface area contributed by atoms with Crippen molar-refractivity contribution in [1.29, 1.82) is 0 Å². The summed E-state index contributed by atoms with van der Waals surface area (Å²) in [5, 5.41) is 2.62. The molecule has 1 aliphatic heterocycles. The number of hydrogen-bond donors (Lipinski definition) is 0. The molecule has 0 unspecified atom stereocenters. The summed E-state index contributed by atoms with van der Waals surface area (Å²) in [5.74, 6) is 0. The predicted octanol–water partition coefficient (Wildman–Crippen LogP) is 1.46. The Hall–Kier alpha value is -2.09. The van der Waals surface area contributed by atoms with Crippen LogP contribution < -0.4 is 10.7 Å². The molecule has 2 nitrogen and oxygen atoms in total.